The quantitative estimate of drug-likeness (QED) is 0.558. The Balaban J connectivity index is 1.39. The molecule has 4 nitrogen and oxygen atoms in total. The van der Waals surface area contributed by atoms with Crippen LogP contribution in [0.4, 0.5) is 5.69 Å². The molecule has 3 aromatic rings. The number of amides is 2. The minimum Gasteiger partial charge on any atom is -0.343 e. The Hall–Kier alpha value is -3.11. The Morgan fingerprint density at radius 3 is 2.44 bits per heavy atom. The lowest BCUT2D eigenvalue weighted by molar-refractivity contribution is -0.115. The highest BCUT2D eigenvalue weighted by atomic mass is 35.5. The number of halogens is 1. The maximum atomic E-state index is 12.2. The van der Waals surface area contributed by atoms with Crippen LogP contribution in [0.5, 0.6) is 0 Å². The van der Waals surface area contributed by atoms with Crippen molar-refractivity contribution in [2.75, 3.05) is 11.9 Å². The van der Waals surface area contributed by atoms with Crippen LogP contribution in [-0.4, -0.2) is 18.4 Å². The number of benzene rings is 3. The van der Waals surface area contributed by atoms with E-state index in [1.807, 2.05) is 30.3 Å². The topological polar surface area (TPSA) is 58.2 Å². The van der Waals surface area contributed by atoms with E-state index in [9.17, 15) is 9.59 Å². The van der Waals surface area contributed by atoms with Gasteiger partial charge in [0.1, 0.15) is 0 Å². The molecule has 0 atom stereocenters. The summed E-state index contributed by atoms with van der Waals surface area (Å²) in [6.07, 6.45) is 0.914. The Morgan fingerprint density at radius 1 is 0.889 bits per heavy atom. The first kappa shape index (κ1) is 17.3. The third-order valence-corrected chi connectivity index (χ3v) is 4.85. The number of hydrogen-bond acceptors (Lipinski definition) is 2. The van der Waals surface area contributed by atoms with Gasteiger partial charge in [-0.3, -0.25) is 9.59 Å². The van der Waals surface area contributed by atoms with Gasteiger partial charge < -0.3 is 10.6 Å². The fourth-order valence-electron chi connectivity index (χ4n) is 3.27. The van der Waals surface area contributed by atoms with Crippen molar-refractivity contribution >= 4 is 29.1 Å². The van der Waals surface area contributed by atoms with Crippen LogP contribution in [0.1, 0.15) is 21.5 Å². The monoisotopic (exact) mass is 376 g/mol. The third kappa shape index (κ3) is 3.71. The predicted octanol–water partition coefficient (Wildman–Crippen LogP) is 4.28. The lowest BCUT2D eigenvalue weighted by Gasteiger charge is -2.09. The Labute approximate surface area is 162 Å². The second-order valence-corrected chi connectivity index (χ2v) is 6.88. The molecule has 0 spiro atoms. The van der Waals surface area contributed by atoms with Gasteiger partial charge in [0.05, 0.1) is 6.54 Å². The molecule has 0 bridgehead atoms. The van der Waals surface area contributed by atoms with Crippen molar-refractivity contribution in [2.24, 2.45) is 0 Å². The van der Waals surface area contributed by atoms with Crippen LogP contribution >= 0.6 is 11.6 Å². The SMILES string of the molecule is O=C(CNC(=O)c1ccc(Cl)cc1)Nc1ccc2c(c1)-c1ccccc1C2. The summed E-state index contributed by atoms with van der Waals surface area (Å²) in [7, 11) is 0. The van der Waals surface area contributed by atoms with Gasteiger partial charge >= 0.3 is 0 Å². The summed E-state index contributed by atoms with van der Waals surface area (Å²) < 4.78 is 0. The van der Waals surface area contributed by atoms with E-state index in [0.29, 0.717) is 10.6 Å². The normalized spacial score (nSPS) is 11.4. The number of anilines is 1. The van der Waals surface area contributed by atoms with Gasteiger partial charge in [0.2, 0.25) is 5.91 Å². The van der Waals surface area contributed by atoms with Crippen molar-refractivity contribution in [3.05, 3.63) is 88.4 Å². The average Bonchev–Trinajstić information content (AvgIpc) is 3.05. The Kier molecular flexibility index (Phi) is 4.65. The van der Waals surface area contributed by atoms with E-state index in [0.717, 1.165) is 17.7 Å². The van der Waals surface area contributed by atoms with Crippen LogP contribution in [0.25, 0.3) is 11.1 Å². The molecule has 2 amide bonds. The predicted molar refractivity (Wildman–Crippen MR) is 107 cm³/mol. The zero-order valence-corrected chi connectivity index (χ0v) is 15.2. The molecule has 0 radical (unpaired) electrons. The molecule has 0 fully saturated rings. The van der Waals surface area contributed by atoms with E-state index in [2.05, 4.69) is 22.8 Å². The van der Waals surface area contributed by atoms with E-state index in [1.165, 1.54) is 16.7 Å². The molecular formula is C22H17ClN2O2. The summed E-state index contributed by atoms with van der Waals surface area (Å²) in [5.41, 5.74) is 6.09. The number of hydrogen-bond donors (Lipinski definition) is 2. The molecule has 2 N–H and O–H groups in total. The molecule has 134 valence electrons. The van der Waals surface area contributed by atoms with Gasteiger partial charge in [-0.05, 0) is 65.1 Å². The van der Waals surface area contributed by atoms with Crippen LogP contribution < -0.4 is 10.6 Å². The molecule has 0 unspecified atom stereocenters. The van der Waals surface area contributed by atoms with Gasteiger partial charge in [0.15, 0.2) is 0 Å². The van der Waals surface area contributed by atoms with Crippen molar-refractivity contribution in [2.45, 2.75) is 6.42 Å². The summed E-state index contributed by atoms with van der Waals surface area (Å²) in [4.78, 5) is 24.3. The van der Waals surface area contributed by atoms with Crippen molar-refractivity contribution in [1.82, 2.24) is 5.32 Å². The van der Waals surface area contributed by atoms with Crippen LogP contribution in [0.3, 0.4) is 0 Å². The zero-order valence-electron chi connectivity index (χ0n) is 14.5. The molecule has 0 heterocycles. The van der Waals surface area contributed by atoms with Gasteiger partial charge in [0.25, 0.3) is 5.91 Å². The van der Waals surface area contributed by atoms with Crippen LogP contribution in [0.15, 0.2) is 66.7 Å². The molecule has 0 saturated carbocycles. The number of rotatable bonds is 4. The molecule has 0 aromatic heterocycles. The number of carbonyl (C=O) groups is 2. The largest absolute Gasteiger partial charge is 0.343 e. The van der Waals surface area contributed by atoms with Crippen molar-refractivity contribution in [1.29, 1.82) is 0 Å². The zero-order chi connectivity index (χ0) is 18.8. The van der Waals surface area contributed by atoms with E-state index in [1.54, 1.807) is 24.3 Å². The van der Waals surface area contributed by atoms with E-state index in [-0.39, 0.29) is 18.4 Å². The molecule has 5 heteroatoms. The maximum Gasteiger partial charge on any atom is 0.251 e. The number of nitrogens with one attached hydrogen (secondary N) is 2. The van der Waals surface area contributed by atoms with Crippen molar-refractivity contribution < 1.29 is 9.59 Å². The summed E-state index contributed by atoms with van der Waals surface area (Å²) in [6, 6.07) is 20.7. The van der Waals surface area contributed by atoms with Gasteiger partial charge in [-0.2, -0.15) is 0 Å². The molecule has 4 rings (SSSR count). The minimum absolute atomic E-state index is 0.102. The minimum atomic E-state index is -0.315. The summed E-state index contributed by atoms with van der Waals surface area (Å²) >= 11 is 5.81. The average molecular weight is 377 g/mol. The molecule has 3 aromatic carbocycles. The van der Waals surface area contributed by atoms with Crippen molar-refractivity contribution in [3.8, 4) is 11.1 Å². The number of carbonyl (C=O) groups excluding carboxylic acids is 2. The van der Waals surface area contributed by atoms with Crippen LogP contribution in [0.2, 0.25) is 5.02 Å². The first-order valence-electron chi connectivity index (χ1n) is 8.65. The molecular weight excluding hydrogens is 360 g/mol. The third-order valence-electron chi connectivity index (χ3n) is 4.60. The van der Waals surface area contributed by atoms with E-state index >= 15 is 0 Å². The smallest absolute Gasteiger partial charge is 0.251 e. The standard InChI is InChI=1S/C22H17ClN2O2/c23-17-8-5-14(6-9-17)22(27)24-13-21(26)25-18-10-7-16-11-15-3-1-2-4-19(15)20(16)12-18/h1-10,12H,11,13H2,(H,24,27)(H,25,26). The highest BCUT2D eigenvalue weighted by molar-refractivity contribution is 6.30. The Morgan fingerprint density at radius 2 is 1.63 bits per heavy atom. The molecule has 27 heavy (non-hydrogen) atoms. The second-order valence-electron chi connectivity index (χ2n) is 6.44. The van der Waals surface area contributed by atoms with Gasteiger partial charge in [0, 0.05) is 16.3 Å². The highest BCUT2D eigenvalue weighted by Crippen LogP contribution is 2.37. The maximum absolute atomic E-state index is 12.2. The van der Waals surface area contributed by atoms with Crippen LogP contribution in [-0.2, 0) is 11.2 Å². The van der Waals surface area contributed by atoms with Gasteiger partial charge in [-0.1, -0.05) is 41.9 Å². The first-order valence-corrected chi connectivity index (χ1v) is 9.03. The number of fused-ring (bicyclic) bond motifs is 3. The summed E-state index contributed by atoms with van der Waals surface area (Å²) in [6.45, 7) is -0.102. The molecule has 1 aliphatic rings. The molecule has 0 aliphatic heterocycles. The molecule has 1 aliphatic carbocycles. The second kappa shape index (κ2) is 7.25. The first-order chi connectivity index (χ1) is 13.1. The fourth-order valence-corrected chi connectivity index (χ4v) is 3.40. The van der Waals surface area contributed by atoms with Gasteiger partial charge in [-0.25, -0.2) is 0 Å². The molecule has 0 saturated heterocycles. The van der Waals surface area contributed by atoms with E-state index in [4.69, 9.17) is 11.6 Å². The lowest BCUT2D eigenvalue weighted by Crippen LogP contribution is -2.32. The van der Waals surface area contributed by atoms with Crippen LogP contribution in [0, 0.1) is 0 Å². The Bertz CT molecular complexity index is 1030. The lowest BCUT2D eigenvalue weighted by atomic mass is 10.1. The highest BCUT2D eigenvalue weighted by Gasteiger charge is 2.18. The van der Waals surface area contributed by atoms with Crippen molar-refractivity contribution in [3.63, 3.8) is 0 Å². The summed E-state index contributed by atoms with van der Waals surface area (Å²) in [5, 5.41) is 6.01. The fraction of sp³-hybridized carbons (Fsp3) is 0.0909. The summed E-state index contributed by atoms with van der Waals surface area (Å²) in [5.74, 6) is -0.590. The van der Waals surface area contributed by atoms with Gasteiger partial charge in [-0.15, -0.1) is 0 Å². The van der Waals surface area contributed by atoms with E-state index < -0.39 is 0 Å².